The first-order valence-electron chi connectivity index (χ1n) is 12.1. The Hall–Kier alpha value is -3.92. The van der Waals surface area contributed by atoms with Crippen molar-refractivity contribution in [2.75, 3.05) is 13.2 Å². The summed E-state index contributed by atoms with van der Waals surface area (Å²) in [6.07, 6.45) is 0.667. The van der Waals surface area contributed by atoms with Gasteiger partial charge in [-0.05, 0) is 77.4 Å². The van der Waals surface area contributed by atoms with E-state index in [0.717, 1.165) is 38.6 Å². The van der Waals surface area contributed by atoms with Crippen LogP contribution in [0.25, 0.3) is 21.9 Å². The summed E-state index contributed by atoms with van der Waals surface area (Å²) in [6, 6.07) is 26.2. The molecular weight excluding hydrogens is 436 g/mol. The van der Waals surface area contributed by atoms with Gasteiger partial charge in [-0.1, -0.05) is 78.4 Å². The first-order valence-corrected chi connectivity index (χ1v) is 12.1. The van der Waals surface area contributed by atoms with Gasteiger partial charge in [-0.2, -0.15) is 0 Å². The standard InChI is InChI=1S/C31H28O4/c1-4-34-29(32)31(30(33)35-5-2)26-14-10-9-13-23(26)28-25(18-21-11-7-6-8-12-21)24-17-20(3)15-16-22(24)19-27(28)31/h6-17,19H,4-5,18H2,1-3H3. The van der Waals surface area contributed by atoms with Gasteiger partial charge in [0.2, 0.25) is 5.41 Å². The van der Waals surface area contributed by atoms with E-state index in [1.54, 1.807) is 13.8 Å². The number of hydrogen-bond donors (Lipinski definition) is 0. The first kappa shape index (κ1) is 22.9. The maximum atomic E-state index is 13.7. The second-order valence-electron chi connectivity index (χ2n) is 8.90. The molecule has 0 heterocycles. The third-order valence-corrected chi connectivity index (χ3v) is 6.80. The smallest absolute Gasteiger partial charge is 0.332 e. The molecule has 4 nitrogen and oxygen atoms in total. The van der Waals surface area contributed by atoms with Crippen molar-refractivity contribution in [3.63, 3.8) is 0 Å². The van der Waals surface area contributed by atoms with Crippen LogP contribution in [-0.2, 0) is 30.9 Å². The molecule has 0 N–H and O–H groups in total. The summed E-state index contributed by atoms with van der Waals surface area (Å²) in [5, 5.41) is 2.09. The highest BCUT2D eigenvalue weighted by Gasteiger charge is 2.58. The summed E-state index contributed by atoms with van der Waals surface area (Å²) in [6.45, 7) is 5.92. The number of esters is 2. The number of carbonyl (C=O) groups excluding carboxylic acids is 2. The number of rotatable bonds is 6. The van der Waals surface area contributed by atoms with E-state index in [1.165, 1.54) is 0 Å². The third kappa shape index (κ3) is 3.52. The summed E-state index contributed by atoms with van der Waals surface area (Å²) >= 11 is 0. The molecule has 1 aliphatic rings. The van der Waals surface area contributed by atoms with Crippen LogP contribution in [0.15, 0.2) is 78.9 Å². The Bertz CT molecular complexity index is 1420. The fraction of sp³-hybridized carbons (Fsp3) is 0.226. The minimum absolute atomic E-state index is 0.168. The van der Waals surface area contributed by atoms with Crippen LogP contribution in [0.1, 0.15) is 41.7 Å². The van der Waals surface area contributed by atoms with E-state index in [1.807, 2.05) is 48.5 Å². The Morgan fingerprint density at radius 2 is 1.43 bits per heavy atom. The number of ether oxygens (including phenoxy) is 2. The van der Waals surface area contributed by atoms with Gasteiger partial charge < -0.3 is 9.47 Å². The zero-order valence-corrected chi connectivity index (χ0v) is 20.3. The highest BCUT2D eigenvalue weighted by molar-refractivity contribution is 6.17. The second kappa shape index (κ2) is 9.03. The van der Waals surface area contributed by atoms with Gasteiger partial charge in [0.1, 0.15) is 0 Å². The number of hydrogen-bond acceptors (Lipinski definition) is 4. The molecule has 0 radical (unpaired) electrons. The van der Waals surface area contributed by atoms with E-state index in [-0.39, 0.29) is 13.2 Å². The normalized spacial score (nSPS) is 13.2. The molecule has 0 saturated heterocycles. The van der Waals surface area contributed by atoms with Crippen LogP contribution in [0.5, 0.6) is 0 Å². The molecule has 35 heavy (non-hydrogen) atoms. The van der Waals surface area contributed by atoms with Crippen molar-refractivity contribution < 1.29 is 19.1 Å². The lowest BCUT2D eigenvalue weighted by Gasteiger charge is -2.27. The van der Waals surface area contributed by atoms with E-state index in [2.05, 4.69) is 37.3 Å². The molecule has 4 heteroatoms. The van der Waals surface area contributed by atoms with E-state index in [0.29, 0.717) is 17.5 Å². The fourth-order valence-corrected chi connectivity index (χ4v) is 5.34. The summed E-state index contributed by atoms with van der Waals surface area (Å²) in [5.41, 5.74) is 4.79. The second-order valence-corrected chi connectivity index (χ2v) is 8.90. The van der Waals surface area contributed by atoms with Crippen molar-refractivity contribution in [3.05, 3.63) is 107 Å². The largest absolute Gasteiger partial charge is 0.465 e. The number of benzene rings is 4. The average Bonchev–Trinajstić information content (AvgIpc) is 3.16. The SMILES string of the molecule is CCOC(=O)C1(C(=O)OCC)c2ccccc2-c2c1cc1ccc(C)cc1c2Cc1ccccc1. The molecule has 0 aliphatic heterocycles. The van der Waals surface area contributed by atoms with Crippen molar-refractivity contribution >= 4 is 22.7 Å². The zero-order chi connectivity index (χ0) is 24.6. The number of fused-ring (bicyclic) bond motifs is 4. The van der Waals surface area contributed by atoms with Crippen molar-refractivity contribution in [1.29, 1.82) is 0 Å². The van der Waals surface area contributed by atoms with Gasteiger partial charge >= 0.3 is 11.9 Å². The van der Waals surface area contributed by atoms with E-state index in [4.69, 9.17) is 9.47 Å². The van der Waals surface area contributed by atoms with Gasteiger partial charge in [-0.3, -0.25) is 9.59 Å². The van der Waals surface area contributed by atoms with Crippen molar-refractivity contribution in [2.24, 2.45) is 0 Å². The molecule has 5 rings (SSSR count). The van der Waals surface area contributed by atoms with Crippen LogP contribution in [0.4, 0.5) is 0 Å². The molecule has 0 amide bonds. The molecule has 176 valence electrons. The monoisotopic (exact) mass is 464 g/mol. The maximum absolute atomic E-state index is 13.7. The molecule has 0 atom stereocenters. The minimum Gasteiger partial charge on any atom is -0.465 e. The Morgan fingerprint density at radius 3 is 2.11 bits per heavy atom. The van der Waals surface area contributed by atoms with Crippen LogP contribution < -0.4 is 0 Å². The molecule has 0 spiro atoms. The van der Waals surface area contributed by atoms with Crippen LogP contribution >= 0.6 is 0 Å². The van der Waals surface area contributed by atoms with Crippen LogP contribution in [0.2, 0.25) is 0 Å². The van der Waals surface area contributed by atoms with Crippen molar-refractivity contribution in [1.82, 2.24) is 0 Å². The quantitative estimate of drug-likeness (QED) is 0.254. The number of carbonyl (C=O) groups is 2. The van der Waals surface area contributed by atoms with Crippen molar-refractivity contribution in [2.45, 2.75) is 32.6 Å². The molecule has 0 aromatic heterocycles. The van der Waals surface area contributed by atoms with Gasteiger partial charge in [-0.15, -0.1) is 0 Å². The van der Waals surface area contributed by atoms with E-state index in [9.17, 15) is 9.59 Å². The molecule has 4 aromatic rings. The molecule has 0 bridgehead atoms. The van der Waals surface area contributed by atoms with Crippen LogP contribution in [0.3, 0.4) is 0 Å². The minimum atomic E-state index is -1.66. The van der Waals surface area contributed by atoms with Crippen molar-refractivity contribution in [3.8, 4) is 11.1 Å². The van der Waals surface area contributed by atoms with Gasteiger partial charge in [0.25, 0.3) is 0 Å². The molecule has 0 saturated carbocycles. The summed E-state index contributed by atoms with van der Waals surface area (Å²) in [7, 11) is 0. The summed E-state index contributed by atoms with van der Waals surface area (Å²) in [4.78, 5) is 27.5. The highest BCUT2D eigenvalue weighted by atomic mass is 16.6. The summed E-state index contributed by atoms with van der Waals surface area (Å²) < 4.78 is 11.1. The Morgan fingerprint density at radius 1 is 0.771 bits per heavy atom. The summed E-state index contributed by atoms with van der Waals surface area (Å²) in [5.74, 6) is -1.19. The molecule has 0 unspecified atom stereocenters. The first-order chi connectivity index (χ1) is 17.0. The van der Waals surface area contributed by atoms with E-state index < -0.39 is 17.4 Å². The van der Waals surface area contributed by atoms with Gasteiger partial charge in [0.15, 0.2) is 0 Å². The molecule has 0 fully saturated rings. The Kier molecular flexibility index (Phi) is 5.89. The lowest BCUT2D eigenvalue weighted by molar-refractivity contribution is -0.162. The van der Waals surface area contributed by atoms with Gasteiger partial charge in [0, 0.05) is 0 Å². The van der Waals surface area contributed by atoms with Crippen LogP contribution in [0, 0.1) is 6.92 Å². The van der Waals surface area contributed by atoms with Gasteiger partial charge in [0.05, 0.1) is 13.2 Å². The average molecular weight is 465 g/mol. The maximum Gasteiger partial charge on any atom is 0.332 e. The number of aryl methyl sites for hydroxylation is 1. The predicted molar refractivity (Wildman–Crippen MR) is 137 cm³/mol. The topological polar surface area (TPSA) is 52.6 Å². The molecular formula is C31H28O4. The Labute approximate surface area is 205 Å². The molecule has 1 aliphatic carbocycles. The fourth-order valence-electron chi connectivity index (χ4n) is 5.34. The molecule has 4 aromatic carbocycles. The third-order valence-electron chi connectivity index (χ3n) is 6.80. The Balaban J connectivity index is 1.92. The van der Waals surface area contributed by atoms with E-state index >= 15 is 0 Å². The lowest BCUT2D eigenvalue weighted by atomic mass is 9.76. The predicted octanol–water partition coefficient (Wildman–Crippen LogP) is 6.13. The van der Waals surface area contributed by atoms with Crippen LogP contribution in [-0.4, -0.2) is 25.2 Å². The zero-order valence-electron chi connectivity index (χ0n) is 20.3. The highest BCUT2D eigenvalue weighted by Crippen LogP contribution is 2.53. The lowest BCUT2D eigenvalue weighted by Crippen LogP contribution is -2.45. The van der Waals surface area contributed by atoms with Gasteiger partial charge in [-0.25, -0.2) is 0 Å².